The molecule has 1 aromatic carbocycles. The molecule has 21 heavy (non-hydrogen) atoms. The molecule has 2 aromatic rings. The monoisotopic (exact) mass is 282 g/mol. The van der Waals surface area contributed by atoms with E-state index in [0.717, 1.165) is 30.9 Å². The third-order valence-electron chi connectivity index (χ3n) is 4.74. The first kappa shape index (κ1) is 13.0. The summed E-state index contributed by atoms with van der Waals surface area (Å²) in [6.45, 7) is 3.39. The molecule has 4 rings (SSSR count). The molecule has 4 nitrogen and oxygen atoms in total. The summed E-state index contributed by atoms with van der Waals surface area (Å²) in [5.41, 5.74) is 0. The Morgan fingerprint density at radius 2 is 1.90 bits per heavy atom. The number of fused-ring (bicyclic) bond motifs is 1. The normalized spacial score (nSPS) is 20.1. The number of hydrogen-bond acceptors (Lipinski definition) is 4. The Bertz CT molecular complexity index is 610. The maximum absolute atomic E-state index is 4.40. The van der Waals surface area contributed by atoms with Crippen molar-refractivity contribution in [2.45, 2.75) is 31.7 Å². The molecule has 1 N–H and O–H groups in total. The predicted molar refractivity (Wildman–Crippen MR) is 85.5 cm³/mol. The van der Waals surface area contributed by atoms with Crippen LogP contribution in [0.5, 0.6) is 0 Å². The van der Waals surface area contributed by atoms with E-state index in [9.17, 15) is 0 Å². The van der Waals surface area contributed by atoms with Crippen LogP contribution in [0.3, 0.4) is 0 Å². The number of hydrogen-bond donors (Lipinski definition) is 1. The molecule has 110 valence electrons. The second kappa shape index (κ2) is 5.60. The second-order valence-electron chi connectivity index (χ2n) is 6.37. The van der Waals surface area contributed by atoms with Crippen LogP contribution in [0.2, 0.25) is 0 Å². The third-order valence-corrected chi connectivity index (χ3v) is 4.74. The summed E-state index contributed by atoms with van der Waals surface area (Å²) in [4.78, 5) is 2.41. The van der Waals surface area contributed by atoms with Crippen LogP contribution < -0.4 is 10.2 Å². The Labute approximate surface area is 125 Å². The van der Waals surface area contributed by atoms with Crippen LogP contribution in [-0.2, 0) is 0 Å². The molecule has 1 aliphatic carbocycles. The van der Waals surface area contributed by atoms with Crippen LogP contribution in [0.15, 0.2) is 30.5 Å². The Morgan fingerprint density at radius 1 is 1.10 bits per heavy atom. The lowest BCUT2D eigenvalue weighted by Gasteiger charge is -2.33. The molecule has 0 spiro atoms. The molecule has 2 aliphatic rings. The summed E-state index contributed by atoms with van der Waals surface area (Å²) in [6, 6.07) is 9.23. The predicted octanol–water partition coefficient (Wildman–Crippen LogP) is 2.60. The molecule has 0 unspecified atom stereocenters. The van der Waals surface area contributed by atoms with Crippen LogP contribution >= 0.6 is 0 Å². The van der Waals surface area contributed by atoms with Crippen LogP contribution in [0.1, 0.15) is 25.7 Å². The van der Waals surface area contributed by atoms with Crippen LogP contribution in [0, 0.1) is 5.92 Å². The highest BCUT2D eigenvalue weighted by atomic mass is 15.3. The number of piperidine rings is 1. The molecular weight excluding hydrogens is 260 g/mol. The SMILES string of the molecule is c1ccc2c(N3CCC(CNC4CC4)CC3)nncc2c1. The van der Waals surface area contributed by atoms with Crippen molar-refractivity contribution in [3.8, 4) is 0 Å². The van der Waals surface area contributed by atoms with Gasteiger partial charge < -0.3 is 10.2 Å². The van der Waals surface area contributed by atoms with Crippen LogP contribution in [0.4, 0.5) is 5.82 Å². The van der Waals surface area contributed by atoms with Crippen molar-refractivity contribution in [3.05, 3.63) is 30.5 Å². The molecule has 0 amide bonds. The fraction of sp³-hybridized carbons (Fsp3) is 0.529. The molecule has 1 aliphatic heterocycles. The van der Waals surface area contributed by atoms with Gasteiger partial charge in [0.25, 0.3) is 0 Å². The first-order chi connectivity index (χ1) is 10.4. The quantitative estimate of drug-likeness (QED) is 0.936. The van der Waals surface area contributed by atoms with E-state index in [4.69, 9.17) is 0 Å². The summed E-state index contributed by atoms with van der Waals surface area (Å²) < 4.78 is 0. The van der Waals surface area contributed by atoms with Gasteiger partial charge >= 0.3 is 0 Å². The molecule has 0 atom stereocenters. The fourth-order valence-corrected chi connectivity index (χ4v) is 3.22. The van der Waals surface area contributed by atoms with Gasteiger partial charge in [-0.3, -0.25) is 0 Å². The molecular formula is C17H22N4. The Kier molecular flexibility index (Phi) is 3.47. The third kappa shape index (κ3) is 2.86. The summed E-state index contributed by atoms with van der Waals surface area (Å²) in [7, 11) is 0. The van der Waals surface area contributed by atoms with E-state index in [-0.39, 0.29) is 0 Å². The second-order valence-corrected chi connectivity index (χ2v) is 6.37. The first-order valence-electron chi connectivity index (χ1n) is 8.09. The van der Waals surface area contributed by atoms with Crippen molar-refractivity contribution in [1.82, 2.24) is 15.5 Å². The van der Waals surface area contributed by atoms with Gasteiger partial charge in [0, 0.05) is 29.9 Å². The molecule has 0 bridgehead atoms. The molecule has 1 saturated heterocycles. The summed E-state index contributed by atoms with van der Waals surface area (Å²) >= 11 is 0. The van der Waals surface area contributed by atoms with Gasteiger partial charge in [0.05, 0.1) is 6.20 Å². The van der Waals surface area contributed by atoms with Crippen molar-refractivity contribution < 1.29 is 0 Å². The van der Waals surface area contributed by atoms with E-state index < -0.39 is 0 Å². The number of aromatic nitrogens is 2. The summed E-state index contributed by atoms with van der Waals surface area (Å²) in [5.74, 6) is 1.88. The minimum absolute atomic E-state index is 0.824. The van der Waals surface area contributed by atoms with E-state index in [1.54, 1.807) is 0 Å². The van der Waals surface area contributed by atoms with Crippen molar-refractivity contribution in [1.29, 1.82) is 0 Å². The number of anilines is 1. The van der Waals surface area contributed by atoms with E-state index in [1.165, 1.54) is 43.0 Å². The largest absolute Gasteiger partial charge is 0.355 e. The number of benzene rings is 1. The van der Waals surface area contributed by atoms with Gasteiger partial charge in [0.2, 0.25) is 0 Å². The van der Waals surface area contributed by atoms with Crippen molar-refractivity contribution in [2.75, 3.05) is 24.5 Å². The maximum atomic E-state index is 4.40. The highest BCUT2D eigenvalue weighted by Gasteiger charge is 2.25. The van der Waals surface area contributed by atoms with E-state index in [0.29, 0.717) is 0 Å². The van der Waals surface area contributed by atoms with Crippen molar-refractivity contribution >= 4 is 16.6 Å². The van der Waals surface area contributed by atoms with Crippen molar-refractivity contribution in [3.63, 3.8) is 0 Å². The lowest BCUT2D eigenvalue weighted by molar-refractivity contribution is 0.381. The van der Waals surface area contributed by atoms with Gasteiger partial charge in [-0.05, 0) is 38.1 Å². The zero-order chi connectivity index (χ0) is 14.1. The van der Waals surface area contributed by atoms with Crippen molar-refractivity contribution in [2.24, 2.45) is 5.92 Å². The molecule has 1 saturated carbocycles. The minimum atomic E-state index is 0.824. The molecule has 1 aromatic heterocycles. The number of rotatable bonds is 4. The molecule has 4 heteroatoms. The van der Waals surface area contributed by atoms with Gasteiger partial charge in [0.1, 0.15) is 0 Å². The van der Waals surface area contributed by atoms with Gasteiger partial charge in [0.15, 0.2) is 5.82 Å². The topological polar surface area (TPSA) is 41.0 Å². The Morgan fingerprint density at radius 3 is 2.71 bits per heavy atom. The summed E-state index contributed by atoms with van der Waals surface area (Å²) in [5, 5.41) is 14.6. The highest BCUT2D eigenvalue weighted by molar-refractivity contribution is 5.91. The highest BCUT2D eigenvalue weighted by Crippen LogP contribution is 2.28. The van der Waals surface area contributed by atoms with Gasteiger partial charge in [-0.15, -0.1) is 5.10 Å². The standard InChI is InChI=1S/C17H22N4/c1-2-4-16-14(3-1)12-19-20-17(16)21-9-7-13(8-10-21)11-18-15-5-6-15/h1-4,12-13,15,18H,5-11H2. The maximum Gasteiger partial charge on any atom is 0.159 e. The van der Waals surface area contributed by atoms with Gasteiger partial charge in [-0.25, -0.2) is 0 Å². The first-order valence-corrected chi connectivity index (χ1v) is 8.09. The van der Waals surface area contributed by atoms with Gasteiger partial charge in [-0.2, -0.15) is 5.10 Å². The summed E-state index contributed by atoms with van der Waals surface area (Å²) in [6.07, 6.45) is 7.12. The molecule has 2 heterocycles. The zero-order valence-corrected chi connectivity index (χ0v) is 12.3. The van der Waals surface area contributed by atoms with Crippen LogP contribution in [0.25, 0.3) is 10.8 Å². The average molecular weight is 282 g/mol. The van der Waals surface area contributed by atoms with Gasteiger partial charge in [-0.1, -0.05) is 24.3 Å². The smallest absolute Gasteiger partial charge is 0.159 e. The molecule has 2 fully saturated rings. The van der Waals surface area contributed by atoms with E-state index in [2.05, 4.69) is 44.7 Å². The van der Waals surface area contributed by atoms with E-state index >= 15 is 0 Å². The van der Waals surface area contributed by atoms with E-state index in [1.807, 2.05) is 6.20 Å². The lowest BCUT2D eigenvalue weighted by atomic mass is 9.96. The fourth-order valence-electron chi connectivity index (χ4n) is 3.22. The molecule has 0 radical (unpaired) electrons. The number of nitrogens with zero attached hydrogens (tertiary/aromatic N) is 3. The average Bonchev–Trinajstić information content (AvgIpc) is 3.37. The Balaban J connectivity index is 1.44. The zero-order valence-electron chi connectivity index (χ0n) is 12.3. The van der Waals surface area contributed by atoms with Crippen LogP contribution in [-0.4, -0.2) is 35.9 Å². The Hall–Kier alpha value is -1.68. The minimum Gasteiger partial charge on any atom is -0.355 e. The number of nitrogens with one attached hydrogen (secondary N) is 1. The lowest BCUT2D eigenvalue weighted by Crippen LogP contribution is -2.38.